The maximum absolute atomic E-state index is 12.7. The van der Waals surface area contributed by atoms with Crippen molar-refractivity contribution < 1.29 is 18.7 Å². The average molecular weight is 252 g/mol. The predicted molar refractivity (Wildman–Crippen MR) is 64.6 cm³/mol. The van der Waals surface area contributed by atoms with Crippen molar-refractivity contribution in [2.45, 2.75) is 37.9 Å². The Labute approximate surface area is 106 Å². The second kappa shape index (κ2) is 5.96. The van der Waals surface area contributed by atoms with Crippen LogP contribution in [0.15, 0.2) is 24.3 Å². The summed E-state index contributed by atoms with van der Waals surface area (Å²) in [5.74, 6) is -0.585. The van der Waals surface area contributed by atoms with Gasteiger partial charge in [0.1, 0.15) is 11.9 Å². The highest BCUT2D eigenvalue weighted by molar-refractivity contribution is 5.72. The highest BCUT2D eigenvalue weighted by Gasteiger charge is 2.30. The third-order valence-electron chi connectivity index (χ3n) is 3.24. The van der Waals surface area contributed by atoms with E-state index in [1.54, 1.807) is 19.2 Å². The molecule has 1 fully saturated rings. The summed E-state index contributed by atoms with van der Waals surface area (Å²) in [6.07, 6.45) is 2.86. The minimum atomic E-state index is -0.303. The number of halogens is 1. The lowest BCUT2D eigenvalue weighted by Crippen LogP contribution is -2.28. The molecule has 0 aromatic heterocycles. The molecule has 98 valence electrons. The molecule has 2 atom stereocenters. The van der Waals surface area contributed by atoms with Gasteiger partial charge in [0.2, 0.25) is 0 Å². The molecule has 1 aliphatic carbocycles. The fourth-order valence-electron chi connectivity index (χ4n) is 2.28. The molecule has 0 saturated heterocycles. The van der Waals surface area contributed by atoms with E-state index in [-0.39, 0.29) is 30.4 Å². The third-order valence-corrected chi connectivity index (χ3v) is 3.24. The van der Waals surface area contributed by atoms with Crippen LogP contribution in [0.25, 0.3) is 0 Å². The Kier molecular flexibility index (Phi) is 4.31. The SMILES string of the molecule is CO[C@H]1CCC[C@@H]1OC(=O)Cc1ccc(F)cc1. The Hall–Kier alpha value is -1.42. The number of ether oxygens (including phenoxy) is 2. The van der Waals surface area contributed by atoms with E-state index in [4.69, 9.17) is 9.47 Å². The zero-order valence-corrected chi connectivity index (χ0v) is 10.4. The van der Waals surface area contributed by atoms with Crippen molar-refractivity contribution in [3.63, 3.8) is 0 Å². The van der Waals surface area contributed by atoms with E-state index in [9.17, 15) is 9.18 Å². The zero-order valence-electron chi connectivity index (χ0n) is 10.4. The van der Waals surface area contributed by atoms with Crippen LogP contribution in [0.5, 0.6) is 0 Å². The highest BCUT2D eigenvalue weighted by atomic mass is 19.1. The summed E-state index contributed by atoms with van der Waals surface area (Å²) >= 11 is 0. The molecule has 0 amide bonds. The molecule has 2 rings (SSSR count). The largest absolute Gasteiger partial charge is 0.459 e. The predicted octanol–water partition coefficient (Wildman–Crippen LogP) is 2.48. The number of hydrogen-bond donors (Lipinski definition) is 0. The van der Waals surface area contributed by atoms with E-state index >= 15 is 0 Å². The van der Waals surface area contributed by atoms with Crippen LogP contribution in [-0.2, 0) is 20.7 Å². The molecule has 1 saturated carbocycles. The van der Waals surface area contributed by atoms with Crippen molar-refractivity contribution >= 4 is 5.97 Å². The third kappa shape index (κ3) is 3.29. The standard InChI is InChI=1S/C14H17FO3/c1-17-12-3-2-4-13(12)18-14(16)9-10-5-7-11(15)8-6-10/h5-8,12-13H,2-4,9H2,1H3/t12-,13-/m0/s1. The molecule has 3 nitrogen and oxygen atoms in total. The fraction of sp³-hybridized carbons (Fsp3) is 0.500. The smallest absolute Gasteiger partial charge is 0.310 e. The van der Waals surface area contributed by atoms with Crippen molar-refractivity contribution in [3.05, 3.63) is 35.6 Å². The van der Waals surface area contributed by atoms with Crippen molar-refractivity contribution in [3.8, 4) is 0 Å². The van der Waals surface area contributed by atoms with E-state index in [0.29, 0.717) is 0 Å². The van der Waals surface area contributed by atoms with E-state index < -0.39 is 0 Å². The molecule has 1 aromatic rings. The summed E-state index contributed by atoms with van der Waals surface area (Å²) in [5, 5.41) is 0. The summed E-state index contributed by atoms with van der Waals surface area (Å²) < 4.78 is 23.4. The Balaban J connectivity index is 1.86. The number of benzene rings is 1. The number of carbonyl (C=O) groups excluding carboxylic acids is 1. The summed E-state index contributed by atoms with van der Waals surface area (Å²) in [6, 6.07) is 5.88. The van der Waals surface area contributed by atoms with Gasteiger partial charge in [0.25, 0.3) is 0 Å². The Morgan fingerprint density at radius 1 is 1.28 bits per heavy atom. The van der Waals surface area contributed by atoms with Gasteiger partial charge in [-0.1, -0.05) is 12.1 Å². The molecule has 0 heterocycles. The van der Waals surface area contributed by atoms with Crippen molar-refractivity contribution in [1.82, 2.24) is 0 Å². The summed E-state index contributed by atoms with van der Waals surface area (Å²) in [4.78, 5) is 11.7. The first-order chi connectivity index (χ1) is 8.69. The number of rotatable bonds is 4. The number of carbonyl (C=O) groups is 1. The van der Waals surface area contributed by atoms with Gasteiger partial charge >= 0.3 is 5.97 Å². The molecule has 1 aromatic carbocycles. The normalized spacial score (nSPS) is 23.0. The van der Waals surface area contributed by atoms with Crippen LogP contribution in [0.4, 0.5) is 4.39 Å². The van der Waals surface area contributed by atoms with Crippen LogP contribution < -0.4 is 0 Å². The van der Waals surface area contributed by atoms with Crippen molar-refractivity contribution in [2.75, 3.05) is 7.11 Å². The number of methoxy groups -OCH3 is 1. The van der Waals surface area contributed by atoms with Crippen LogP contribution >= 0.6 is 0 Å². The maximum Gasteiger partial charge on any atom is 0.310 e. The minimum absolute atomic E-state index is 0.0159. The summed E-state index contributed by atoms with van der Waals surface area (Å²) in [6.45, 7) is 0. The molecule has 0 spiro atoms. The minimum Gasteiger partial charge on any atom is -0.459 e. The lowest BCUT2D eigenvalue weighted by atomic mass is 10.1. The van der Waals surface area contributed by atoms with Gasteiger partial charge in [0.05, 0.1) is 12.5 Å². The van der Waals surface area contributed by atoms with E-state index in [1.165, 1.54) is 12.1 Å². The van der Waals surface area contributed by atoms with Crippen LogP contribution in [0.2, 0.25) is 0 Å². The lowest BCUT2D eigenvalue weighted by Gasteiger charge is -2.18. The van der Waals surface area contributed by atoms with Gasteiger partial charge in [-0.2, -0.15) is 0 Å². The topological polar surface area (TPSA) is 35.5 Å². The van der Waals surface area contributed by atoms with Gasteiger partial charge in [-0.3, -0.25) is 4.79 Å². The lowest BCUT2D eigenvalue weighted by molar-refractivity contribution is -0.153. The summed E-state index contributed by atoms with van der Waals surface area (Å²) in [7, 11) is 1.64. The Bertz CT molecular complexity index is 402. The molecule has 0 bridgehead atoms. The van der Waals surface area contributed by atoms with Gasteiger partial charge in [-0.25, -0.2) is 4.39 Å². The molecule has 0 aliphatic heterocycles. The molecule has 4 heteroatoms. The monoisotopic (exact) mass is 252 g/mol. The van der Waals surface area contributed by atoms with Crippen molar-refractivity contribution in [2.24, 2.45) is 0 Å². The average Bonchev–Trinajstić information content (AvgIpc) is 2.79. The van der Waals surface area contributed by atoms with Gasteiger partial charge < -0.3 is 9.47 Å². The molecule has 0 radical (unpaired) electrons. The van der Waals surface area contributed by atoms with Crippen LogP contribution in [0, 0.1) is 5.82 Å². The fourth-order valence-corrected chi connectivity index (χ4v) is 2.28. The molecular weight excluding hydrogens is 235 g/mol. The molecule has 0 N–H and O–H groups in total. The Morgan fingerprint density at radius 2 is 1.94 bits per heavy atom. The molecule has 18 heavy (non-hydrogen) atoms. The van der Waals surface area contributed by atoms with Gasteiger partial charge in [-0.05, 0) is 37.0 Å². The molecule has 0 unspecified atom stereocenters. The van der Waals surface area contributed by atoms with Crippen LogP contribution in [-0.4, -0.2) is 25.3 Å². The maximum atomic E-state index is 12.7. The highest BCUT2D eigenvalue weighted by Crippen LogP contribution is 2.24. The quantitative estimate of drug-likeness (QED) is 0.772. The first-order valence-electron chi connectivity index (χ1n) is 6.16. The molecule has 1 aliphatic rings. The van der Waals surface area contributed by atoms with E-state index in [2.05, 4.69) is 0 Å². The summed E-state index contributed by atoms with van der Waals surface area (Å²) in [5.41, 5.74) is 0.758. The van der Waals surface area contributed by atoms with Gasteiger partial charge in [0, 0.05) is 7.11 Å². The second-order valence-corrected chi connectivity index (χ2v) is 4.54. The molecular formula is C14H17FO3. The van der Waals surface area contributed by atoms with Crippen molar-refractivity contribution in [1.29, 1.82) is 0 Å². The van der Waals surface area contributed by atoms with E-state index in [0.717, 1.165) is 24.8 Å². The first kappa shape index (κ1) is 13.0. The van der Waals surface area contributed by atoms with Crippen LogP contribution in [0.3, 0.4) is 0 Å². The van der Waals surface area contributed by atoms with Gasteiger partial charge in [-0.15, -0.1) is 0 Å². The van der Waals surface area contributed by atoms with Crippen LogP contribution in [0.1, 0.15) is 24.8 Å². The Morgan fingerprint density at radius 3 is 2.61 bits per heavy atom. The first-order valence-corrected chi connectivity index (χ1v) is 6.16. The van der Waals surface area contributed by atoms with Gasteiger partial charge in [0.15, 0.2) is 0 Å². The number of esters is 1. The van der Waals surface area contributed by atoms with E-state index in [1.807, 2.05) is 0 Å². The second-order valence-electron chi connectivity index (χ2n) is 4.54. The zero-order chi connectivity index (χ0) is 13.0. The number of hydrogen-bond acceptors (Lipinski definition) is 3.